The first-order chi connectivity index (χ1) is 12.0. The Morgan fingerprint density at radius 1 is 1.36 bits per heavy atom. The number of nitrogens with two attached hydrogens (primary N) is 1. The first-order valence-electron chi connectivity index (χ1n) is 8.48. The normalized spacial score (nSPS) is 16.3. The van der Waals surface area contributed by atoms with Crippen molar-refractivity contribution in [3.63, 3.8) is 0 Å². The molecule has 0 spiro atoms. The van der Waals surface area contributed by atoms with Gasteiger partial charge < -0.3 is 11.1 Å². The van der Waals surface area contributed by atoms with Gasteiger partial charge in [0, 0.05) is 9.77 Å². The second-order valence-corrected chi connectivity index (χ2v) is 8.71. The summed E-state index contributed by atoms with van der Waals surface area (Å²) in [6.45, 7) is 4.27. The Morgan fingerprint density at radius 2 is 2.12 bits per heavy atom. The maximum absolute atomic E-state index is 12.8. The summed E-state index contributed by atoms with van der Waals surface area (Å²) >= 11 is 3.13. The van der Waals surface area contributed by atoms with E-state index in [4.69, 9.17) is 5.73 Å². The highest BCUT2D eigenvalue weighted by atomic mass is 32.2. The monoisotopic (exact) mass is 374 g/mol. The van der Waals surface area contributed by atoms with E-state index in [0.717, 1.165) is 35.5 Å². The summed E-state index contributed by atoms with van der Waals surface area (Å²) in [5, 5.41) is 3.54. The van der Waals surface area contributed by atoms with E-state index >= 15 is 0 Å². The van der Waals surface area contributed by atoms with E-state index in [1.165, 1.54) is 16.2 Å². The number of thiophene rings is 1. The minimum atomic E-state index is -0.460. The molecule has 4 nitrogen and oxygen atoms in total. The van der Waals surface area contributed by atoms with E-state index < -0.39 is 5.91 Å². The lowest BCUT2D eigenvalue weighted by Gasteiger charge is -2.18. The molecule has 6 heteroatoms. The summed E-state index contributed by atoms with van der Waals surface area (Å²) in [6, 6.07) is 7.53. The number of fused-ring (bicyclic) bond motifs is 1. The molecule has 1 atom stereocenters. The van der Waals surface area contributed by atoms with Gasteiger partial charge in [-0.25, -0.2) is 0 Å². The molecule has 0 bridgehead atoms. The Bertz CT molecular complexity index is 814. The smallest absolute Gasteiger partial charge is 0.257 e. The molecule has 1 heterocycles. The Hall–Kier alpha value is -1.79. The summed E-state index contributed by atoms with van der Waals surface area (Å²) in [6.07, 6.45) is 2.84. The van der Waals surface area contributed by atoms with Gasteiger partial charge in [0.1, 0.15) is 5.00 Å². The molecule has 3 rings (SSSR count). The predicted molar refractivity (Wildman–Crippen MR) is 105 cm³/mol. The maximum atomic E-state index is 12.8. The molecule has 1 aromatic carbocycles. The van der Waals surface area contributed by atoms with Crippen LogP contribution < -0.4 is 11.1 Å². The van der Waals surface area contributed by atoms with Gasteiger partial charge in [0.25, 0.3) is 11.8 Å². The van der Waals surface area contributed by atoms with E-state index in [2.05, 4.69) is 19.2 Å². The van der Waals surface area contributed by atoms with Crippen molar-refractivity contribution >= 4 is 39.9 Å². The average molecular weight is 375 g/mol. The van der Waals surface area contributed by atoms with Crippen molar-refractivity contribution in [2.24, 2.45) is 11.7 Å². The Morgan fingerprint density at radius 3 is 2.84 bits per heavy atom. The summed E-state index contributed by atoms with van der Waals surface area (Å²) < 4.78 is 0. The number of primary amides is 1. The van der Waals surface area contributed by atoms with Crippen LogP contribution in [-0.4, -0.2) is 17.6 Å². The minimum Gasteiger partial charge on any atom is -0.365 e. The van der Waals surface area contributed by atoms with Crippen molar-refractivity contribution in [2.75, 3.05) is 11.1 Å². The molecular formula is C19H22N2O2S2. The van der Waals surface area contributed by atoms with Crippen LogP contribution in [0.4, 0.5) is 5.00 Å². The van der Waals surface area contributed by atoms with Crippen LogP contribution in [0, 0.1) is 5.92 Å². The van der Waals surface area contributed by atoms with Crippen molar-refractivity contribution in [1.82, 2.24) is 0 Å². The summed E-state index contributed by atoms with van der Waals surface area (Å²) in [4.78, 5) is 26.9. The number of anilines is 1. The zero-order valence-electron chi connectivity index (χ0n) is 14.4. The molecule has 0 unspecified atom stereocenters. The summed E-state index contributed by atoms with van der Waals surface area (Å²) in [5.74, 6) is 0.837. The van der Waals surface area contributed by atoms with E-state index in [0.29, 0.717) is 22.0 Å². The Kier molecular flexibility index (Phi) is 5.49. The van der Waals surface area contributed by atoms with Crippen molar-refractivity contribution in [2.45, 2.75) is 38.0 Å². The van der Waals surface area contributed by atoms with Gasteiger partial charge in [-0.2, -0.15) is 0 Å². The fourth-order valence-corrected chi connectivity index (χ4v) is 5.42. The number of benzene rings is 1. The molecule has 0 saturated carbocycles. The number of thioether (sulfide) groups is 1. The van der Waals surface area contributed by atoms with Crippen LogP contribution in [0.25, 0.3) is 0 Å². The van der Waals surface area contributed by atoms with Gasteiger partial charge in [-0.1, -0.05) is 26.0 Å². The SMILES string of the molecule is CCSc1ccccc1C(=O)Nc1sc2c(c1C(N)=O)CC[C@H](C)C2. The van der Waals surface area contributed by atoms with Crippen LogP contribution in [-0.2, 0) is 12.8 Å². The van der Waals surface area contributed by atoms with Gasteiger partial charge in [-0.3, -0.25) is 9.59 Å². The van der Waals surface area contributed by atoms with Crippen LogP contribution in [0.1, 0.15) is 51.4 Å². The summed E-state index contributed by atoms with van der Waals surface area (Å²) in [5.41, 5.74) is 7.78. The Balaban J connectivity index is 1.93. The molecule has 2 amide bonds. The second-order valence-electron chi connectivity index (χ2n) is 6.30. The number of rotatable bonds is 5. The lowest BCUT2D eigenvalue weighted by atomic mass is 9.88. The highest BCUT2D eigenvalue weighted by Gasteiger charge is 2.27. The zero-order valence-corrected chi connectivity index (χ0v) is 16.1. The zero-order chi connectivity index (χ0) is 18.0. The van der Waals surface area contributed by atoms with Crippen molar-refractivity contribution in [3.8, 4) is 0 Å². The number of carbonyl (C=O) groups excluding carboxylic acids is 2. The van der Waals surface area contributed by atoms with Gasteiger partial charge in [0.15, 0.2) is 0 Å². The van der Waals surface area contributed by atoms with E-state index in [9.17, 15) is 9.59 Å². The quantitative estimate of drug-likeness (QED) is 0.765. The average Bonchev–Trinajstić information content (AvgIpc) is 2.92. The number of nitrogens with one attached hydrogen (secondary N) is 1. The van der Waals surface area contributed by atoms with Gasteiger partial charge in [-0.05, 0) is 48.6 Å². The number of amides is 2. The maximum Gasteiger partial charge on any atom is 0.257 e. The predicted octanol–water partition coefficient (Wildman–Crippen LogP) is 4.34. The first-order valence-corrected chi connectivity index (χ1v) is 10.3. The number of carbonyl (C=O) groups is 2. The van der Waals surface area contributed by atoms with Crippen LogP contribution in [0.3, 0.4) is 0 Å². The molecule has 3 N–H and O–H groups in total. The third-order valence-electron chi connectivity index (χ3n) is 4.42. The highest BCUT2D eigenvalue weighted by Crippen LogP contribution is 2.39. The molecule has 25 heavy (non-hydrogen) atoms. The van der Waals surface area contributed by atoms with Gasteiger partial charge in [0.2, 0.25) is 0 Å². The topological polar surface area (TPSA) is 72.2 Å². The molecule has 0 radical (unpaired) electrons. The van der Waals surface area contributed by atoms with Gasteiger partial charge >= 0.3 is 0 Å². The molecule has 1 aliphatic carbocycles. The van der Waals surface area contributed by atoms with Crippen molar-refractivity contribution < 1.29 is 9.59 Å². The molecule has 0 aliphatic heterocycles. The largest absolute Gasteiger partial charge is 0.365 e. The van der Waals surface area contributed by atoms with Crippen molar-refractivity contribution in [1.29, 1.82) is 0 Å². The minimum absolute atomic E-state index is 0.189. The Labute approximate surface area is 156 Å². The fraction of sp³-hybridized carbons (Fsp3) is 0.368. The summed E-state index contributed by atoms with van der Waals surface area (Å²) in [7, 11) is 0. The third-order valence-corrected chi connectivity index (χ3v) is 6.54. The fourth-order valence-electron chi connectivity index (χ4n) is 3.21. The van der Waals surface area contributed by atoms with Crippen LogP contribution in [0.2, 0.25) is 0 Å². The molecule has 1 aliphatic rings. The third kappa shape index (κ3) is 3.75. The van der Waals surface area contributed by atoms with E-state index in [-0.39, 0.29) is 5.91 Å². The van der Waals surface area contributed by atoms with Crippen molar-refractivity contribution in [3.05, 3.63) is 45.8 Å². The molecule has 132 valence electrons. The van der Waals surface area contributed by atoms with E-state index in [1.54, 1.807) is 11.8 Å². The second kappa shape index (κ2) is 7.62. The van der Waals surface area contributed by atoms with E-state index in [1.807, 2.05) is 24.3 Å². The lowest BCUT2D eigenvalue weighted by Crippen LogP contribution is -2.19. The molecule has 1 aromatic heterocycles. The first kappa shape index (κ1) is 18.0. The lowest BCUT2D eigenvalue weighted by molar-refractivity contribution is 0.1000. The van der Waals surface area contributed by atoms with Gasteiger partial charge in [0.05, 0.1) is 11.1 Å². The standard InChI is InChI=1S/C19H22N2O2S2/c1-3-24-14-7-5-4-6-13(14)18(23)21-19-16(17(20)22)12-9-8-11(2)10-15(12)25-19/h4-7,11H,3,8-10H2,1-2H3,(H2,20,22)(H,21,23)/t11-/m0/s1. The van der Waals surface area contributed by atoms with Crippen LogP contribution in [0.5, 0.6) is 0 Å². The number of hydrogen-bond donors (Lipinski definition) is 2. The van der Waals surface area contributed by atoms with Gasteiger partial charge in [-0.15, -0.1) is 23.1 Å². The highest BCUT2D eigenvalue weighted by molar-refractivity contribution is 7.99. The van der Waals surface area contributed by atoms with Crippen LogP contribution in [0.15, 0.2) is 29.2 Å². The van der Waals surface area contributed by atoms with Crippen LogP contribution >= 0.6 is 23.1 Å². The molecule has 2 aromatic rings. The number of hydrogen-bond acceptors (Lipinski definition) is 4. The molecule has 0 saturated heterocycles. The molecular weight excluding hydrogens is 352 g/mol. The molecule has 0 fully saturated rings.